The third-order valence-corrected chi connectivity index (χ3v) is 11.6. The number of rotatable bonds is 10. The Labute approximate surface area is 305 Å². The lowest BCUT2D eigenvalue weighted by Gasteiger charge is -2.36. The summed E-state index contributed by atoms with van der Waals surface area (Å²) in [5.41, 5.74) is -4.43. The number of aliphatic hydroxyl groups excluding tert-OH is 2. The number of hydrogen-bond acceptors (Lipinski definition) is 4. The normalized spacial score (nSPS) is 17.9. The molecule has 6 nitrogen and oxygen atoms in total. The molecule has 6 atom stereocenters. The Morgan fingerprint density at radius 1 is 0.580 bits per heavy atom. The van der Waals surface area contributed by atoms with Gasteiger partial charge in [-0.15, -0.1) is 0 Å². The molecule has 4 N–H and O–H groups in total. The summed E-state index contributed by atoms with van der Waals surface area (Å²) in [4.78, 5) is 0. The molecule has 20 heteroatoms. The second-order valence-electron chi connectivity index (χ2n) is 13.6. The smallest absolute Gasteiger partial charge is 0.384 e. The Morgan fingerprint density at radius 3 is 1.06 bits per heavy atom. The predicted molar refractivity (Wildman–Crippen MR) is 178 cm³/mol. The number of hydrogen-bond donors (Lipinski definition) is 4. The summed E-state index contributed by atoms with van der Waals surface area (Å²) < 4.78 is 160. The zero-order valence-corrected chi connectivity index (χ0v) is 32.7. The third-order valence-electron chi connectivity index (χ3n) is 6.92. The van der Waals surface area contributed by atoms with E-state index in [4.69, 9.17) is 0 Å². The third kappa shape index (κ3) is 13.1. The molecule has 288 valence electrons. The molecule has 0 heterocycles. The van der Waals surface area contributed by atoms with Gasteiger partial charge in [0.1, 0.15) is 23.3 Å². The van der Waals surface area contributed by atoms with Gasteiger partial charge in [-0.2, -0.15) is 26.3 Å². The number of halogens is 12. The molecule has 0 amide bonds. The molecule has 0 unspecified atom stereocenters. The fourth-order valence-electron chi connectivity index (χ4n) is 4.02. The second kappa shape index (κ2) is 16.9. The summed E-state index contributed by atoms with van der Waals surface area (Å²) in [7, 11) is -3.75. The van der Waals surface area contributed by atoms with Gasteiger partial charge in [0, 0.05) is 36.1 Å². The minimum atomic E-state index is -4.94. The Hall–Kier alpha value is -1.16. The molecule has 50 heavy (non-hydrogen) atoms. The van der Waals surface area contributed by atoms with Crippen LogP contribution in [0, 0.1) is 23.3 Å². The van der Waals surface area contributed by atoms with Crippen LogP contribution < -0.4 is 9.44 Å². The van der Waals surface area contributed by atoms with Crippen LogP contribution in [0.15, 0.2) is 33.2 Å². The van der Waals surface area contributed by atoms with E-state index >= 15 is 0 Å². The zero-order chi connectivity index (χ0) is 39.6. The van der Waals surface area contributed by atoms with Gasteiger partial charge < -0.3 is 10.2 Å². The van der Waals surface area contributed by atoms with E-state index in [9.17, 15) is 62.5 Å². The van der Waals surface area contributed by atoms with Crippen LogP contribution in [-0.2, 0) is 33.0 Å². The van der Waals surface area contributed by atoms with Crippen molar-refractivity contribution in [2.45, 2.75) is 113 Å². The number of alkyl halides is 6. The minimum absolute atomic E-state index is 0.167. The Kier molecular flexibility index (Phi) is 15.8. The second-order valence-corrected chi connectivity index (χ2v) is 19.3. The molecule has 2 aromatic carbocycles. The van der Waals surface area contributed by atoms with Crippen molar-refractivity contribution in [3.05, 3.63) is 67.6 Å². The van der Waals surface area contributed by atoms with Crippen molar-refractivity contribution in [2.75, 3.05) is 0 Å². The van der Waals surface area contributed by atoms with Crippen LogP contribution in [0.3, 0.4) is 0 Å². The molecule has 0 aliphatic carbocycles. The van der Waals surface area contributed by atoms with E-state index in [1.807, 2.05) is 0 Å². The highest BCUT2D eigenvalue weighted by Crippen LogP contribution is 2.38. The first-order valence-electron chi connectivity index (χ1n) is 14.3. The average molecular weight is 905 g/mol. The summed E-state index contributed by atoms with van der Waals surface area (Å²) in [6.45, 7) is 11.8. The Balaban J connectivity index is 0.000000500. The van der Waals surface area contributed by atoms with Crippen molar-refractivity contribution in [3.63, 3.8) is 0 Å². The van der Waals surface area contributed by atoms with E-state index in [0.29, 0.717) is 12.1 Å². The molecule has 0 fully saturated rings. The standard InChI is InChI=1S/2C15H19BrF5NO2S/c2*1-13(2,3)25(24)22-14(4,7-12(23)15(19,20)21)8-5-9(16)11(18)6-10(8)17/h2*5-6,12,22-23H,7H2,1-4H3/t12-,14+,25-;12-,14-,25+/m10/s1. The zero-order valence-electron chi connectivity index (χ0n) is 27.9. The highest BCUT2D eigenvalue weighted by Gasteiger charge is 2.47. The van der Waals surface area contributed by atoms with Crippen molar-refractivity contribution < 1.29 is 62.5 Å². The maximum absolute atomic E-state index is 14.3. The van der Waals surface area contributed by atoms with Crippen molar-refractivity contribution in [1.29, 1.82) is 0 Å². The van der Waals surface area contributed by atoms with Crippen molar-refractivity contribution in [2.24, 2.45) is 0 Å². The number of benzene rings is 2. The minimum Gasteiger partial charge on any atom is -0.384 e. The van der Waals surface area contributed by atoms with Crippen LogP contribution in [0.25, 0.3) is 0 Å². The van der Waals surface area contributed by atoms with Crippen LogP contribution in [0.4, 0.5) is 43.9 Å². The van der Waals surface area contributed by atoms with Gasteiger partial charge in [0.2, 0.25) is 0 Å². The van der Waals surface area contributed by atoms with E-state index in [-0.39, 0.29) is 20.1 Å². The van der Waals surface area contributed by atoms with Crippen LogP contribution in [0.1, 0.15) is 79.4 Å². The van der Waals surface area contributed by atoms with E-state index in [1.165, 1.54) is 13.8 Å². The highest BCUT2D eigenvalue weighted by molar-refractivity contribution is 9.10. The largest absolute Gasteiger partial charge is 0.414 e. The van der Waals surface area contributed by atoms with Crippen LogP contribution >= 0.6 is 31.9 Å². The van der Waals surface area contributed by atoms with Gasteiger partial charge in [-0.3, -0.25) is 0 Å². The van der Waals surface area contributed by atoms with Crippen molar-refractivity contribution >= 4 is 53.8 Å². The highest BCUT2D eigenvalue weighted by atomic mass is 79.9. The molecule has 0 radical (unpaired) electrons. The maximum atomic E-state index is 14.3. The average Bonchev–Trinajstić information content (AvgIpc) is 2.90. The van der Waals surface area contributed by atoms with Gasteiger partial charge in [-0.25, -0.2) is 35.4 Å². The topological polar surface area (TPSA) is 98.7 Å². The van der Waals surface area contributed by atoms with E-state index < -0.39 is 103 Å². The lowest BCUT2D eigenvalue weighted by Crippen LogP contribution is -2.50. The summed E-state index contributed by atoms with van der Waals surface area (Å²) in [5.74, 6) is -4.10. The molecule has 0 aliphatic heterocycles. The molecule has 2 rings (SSSR count). The molecular weight excluding hydrogens is 866 g/mol. The van der Waals surface area contributed by atoms with Gasteiger partial charge in [0.15, 0.2) is 12.2 Å². The molecule has 0 spiro atoms. The van der Waals surface area contributed by atoms with Crippen LogP contribution in [-0.4, -0.2) is 52.7 Å². The van der Waals surface area contributed by atoms with Crippen LogP contribution in [0.2, 0.25) is 0 Å². The summed E-state index contributed by atoms with van der Waals surface area (Å²) in [6.07, 6.45) is -17.5. The first kappa shape index (κ1) is 46.9. The monoisotopic (exact) mass is 902 g/mol. The quantitative estimate of drug-likeness (QED) is 0.142. The van der Waals surface area contributed by atoms with Gasteiger partial charge in [0.05, 0.1) is 51.5 Å². The van der Waals surface area contributed by atoms with Crippen molar-refractivity contribution in [3.8, 4) is 0 Å². The first-order valence-corrected chi connectivity index (χ1v) is 18.2. The van der Waals surface area contributed by atoms with E-state index in [1.54, 1.807) is 41.5 Å². The number of aliphatic hydroxyl groups is 2. The molecular formula is C30H38Br2F10N2O4S2. The fourth-order valence-corrected chi connectivity index (χ4v) is 6.53. The van der Waals surface area contributed by atoms with Gasteiger partial charge in [0.25, 0.3) is 0 Å². The fraction of sp³-hybridized carbons (Fsp3) is 0.600. The maximum Gasteiger partial charge on any atom is 0.414 e. The van der Waals surface area contributed by atoms with Crippen molar-refractivity contribution in [1.82, 2.24) is 9.44 Å². The molecule has 2 aromatic rings. The van der Waals surface area contributed by atoms with E-state index in [2.05, 4.69) is 41.3 Å². The Morgan fingerprint density at radius 2 is 0.840 bits per heavy atom. The number of nitrogens with one attached hydrogen (secondary N) is 2. The van der Waals surface area contributed by atoms with E-state index in [0.717, 1.165) is 12.1 Å². The van der Waals surface area contributed by atoms with Crippen LogP contribution in [0.5, 0.6) is 0 Å². The van der Waals surface area contributed by atoms with Gasteiger partial charge in [-0.1, -0.05) is 0 Å². The molecule has 0 aromatic heterocycles. The first-order chi connectivity index (χ1) is 22.2. The summed E-state index contributed by atoms with van der Waals surface area (Å²) in [6, 6.07) is 2.97. The SMILES string of the molecule is CC(C)(C)[S@@](=O)N[C@@](C)(C[C@@H](O)C(F)(F)F)c1cc(Br)c(F)cc1F.CC(C)(C)[S@@](=O)N[C@@](C)(C[C@H](O)C(F)(F)F)c1cc(Br)c(F)cc1F. The van der Waals surface area contributed by atoms with Gasteiger partial charge in [-0.05, 0) is 99.4 Å². The molecule has 0 saturated carbocycles. The molecule has 0 bridgehead atoms. The summed E-state index contributed by atoms with van der Waals surface area (Å²) in [5, 5.41) is 18.9. The lowest BCUT2D eigenvalue weighted by molar-refractivity contribution is -0.210. The molecule has 0 saturated heterocycles. The molecule has 0 aliphatic rings. The summed E-state index contributed by atoms with van der Waals surface area (Å²) >= 11 is 5.71. The lowest BCUT2D eigenvalue weighted by atomic mass is 9.86. The Bertz CT molecular complexity index is 1440. The predicted octanol–water partition coefficient (Wildman–Crippen LogP) is 8.62. The van der Waals surface area contributed by atoms with Gasteiger partial charge >= 0.3 is 12.4 Å².